The summed E-state index contributed by atoms with van der Waals surface area (Å²) in [5.41, 5.74) is 1.21. The Balaban J connectivity index is 1.64. The molecule has 6 nitrogen and oxygen atoms in total. The second kappa shape index (κ2) is 9.50. The van der Waals surface area contributed by atoms with Gasteiger partial charge in [-0.3, -0.25) is 9.10 Å². The van der Waals surface area contributed by atoms with Gasteiger partial charge in [0.15, 0.2) is 6.61 Å². The summed E-state index contributed by atoms with van der Waals surface area (Å²) in [7, 11) is -3.52. The van der Waals surface area contributed by atoms with Gasteiger partial charge in [-0.2, -0.15) is 0 Å². The maximum Gasteiger partial charge on any atom is 0.258 e. The van der Waals surface area contributed by atoms with Crippen LogP contribution in [0.1, 0.15) is 31.2 Å². The molecule has 0 heterocycles. The molecule has 1 aliphatic rings. The normalized spacial score (nSPS) is 14.6. The minimum Gasteiger partial charge on any atom is -0.484 e. The Bertz CT molecular complexity index is 941. The maximum atomic E-state index is 12.3. The highest BCUT2D eigenvalue weighted by molar-refractivity contribution is 7.92. The molecule has 2 aromatic rings. The van der Waals surface area contributed by atoms with Crippen molar-refractivity contribution in [3.63, 3.8) is 0 Å². The highest BCUT2D eigenvalue weighted by atomic mass is 35.5. The molecule has 0 spiro atoms. The zero-order valence-electron chi connectivity index (χ0n) is 16.3. The van der Waals surface area contributed by atoms with Crippen LogP contribution < -0.4 is 14.4 Å². The monoisotopic (exact) mass is 436 g/mol. The molecule has 0 atom stereocenters. The van der Waals surface area contributed by atoms with E-state index in [-0.39, 0.29) is 25.1 Å². The zero-order valence-corrected chi connectivity index (χ0v) is 17.9. The largest absolute Gasteiger partial charge is 0.484 e. The van der Waals surface area contributed by atoms with Crippen LogP contribution in [0.4, 0.5) is 5.69 Å². The molecule has 1 saturated carbocycles. The van der Waals surface area contributed by atoms with Gasteiger partial charge in [0.05, 0.1) is 18.5 Å². The van der Waals surface area contributed by atoms with Crippen LogP contribution in [0.5, 0.6) is 5.75 Å². The third kappa shape index (κ3) is 6.11. The molecule has 1 N–H and O–H groups in total. The van der Waals surface area contributed by atoms with E-state index in [1.807, 2.05) is 6.07 Å². The number of hydrogen-bond donors (Lipinski definition) is 1. The van der Waals surface area contributed by atoms with Crippen LogP contribution in [0.15, 0.2) is 48.5 Å². The van der Waals surface area contributed by atoms with Crippen molar-refractivity contribution in [3.05, 3.63) is 59.1 Å². The van der Waals surface area contributed by atoms with Crippen molar-refractivity contribution >= 4 is 33.2 Å². The van der Waals surface area contributed by atoms with E-state index in [1.165, 1.54) is 4.31 Å². The third-order valence-electron chi connectivity index (χ3n) is 4.89. The first kappa shape index (κ1) is 21.5. The number of nitrogens with zero attached hydrogens (tertiary/aromatic N) is 1. The summed E-state index contributed by atoms with van der Waals surface area (Å²) < 4.78 is 31.4. The molecule has 1 fully saturated rings. The quantitative estimate of drug-likeness (QED) is 0.683. The van der Waals surface area contributed by atoms with Crippen LogP contribution in [-0.4, -0.2) is 33.2 Å². The minimum absolute atomic E-state index is 0.0642. The van der Waals surface area contributed by atoms with Crippen molar-refractivity contribution < 1.29 is 17.9 Å². The van der Waals surface area contributed by atoms with Gasteiger partial charge in [-0.25, -0.2) is 8.42 Å². The topological polar surface area (TPSA) is 75.7 Å². The predicted octanol–water partition coefficient (Wildman–Crippen LogP) is 3.74. The molecule has 8 heteroatoms. The smallest absolute Gasteiger partial charge is 0.258 e. The van der Waals surface area contributed by atoms with E-state index in [0.29, 0.717) is 22.0 Å². The summed E-state index contributed by atoms with van der Waals surface area (Å²) >= 11 is 6.18. The van der Waals surface area contributed by atoms with E-state index in [4.69, 9.17) is 16.3 Å². The Hall–Kier alpha value is -2.25. The summed E-state index contributed by atoms with van der Waals surface area (Å²) in [5.74, 6) is 0.360. The number of sulfonamides is 1. The van der Waals surface area contributed by atoms with Gasteiger partial charge in [-0.1, -0.05) is 42.6 Å². The molecule has 0 aliphatic heterocycles. The molecule has 29 heavy (non-hydrogen) atoms. The number of benzene rings is 2. The Morgan fingerprint density at radius 1 is 1.14 bits per heavy atom. The van der Waals surface area contributed by atoms with Gasteiger partial charge in [0, 0.05) is 11.1 Å². The lowest BCUT2D eigenvalue weighted by molar-refractivity contribution is -0.123. The summed E-state index contributed by atoms with van der Waals surface area (Å²) in [4.78, 5) is 12.0. The summed E-state index contributed by atoms with van der Waals surface area (Å²) in [6.45, 7) is 0.0633. The van der Waals surface area contributed by atoms with Gasteiger partial charge in [0.25, 0.3) is 5.91 Å². The first-order valence-corrected chi connectivity index (χ1v) is 11.8. The highest BCUT2D eigenvalue weighted by Gasteiger charge is 2.20. The van der Waals surface area contributed by atoms with Gasteiger partial charge >= 0.3 is 0 Å². The fourth-order valence-electron chi connectivity index (χ4n) is 3.38. The van der Waals surface area contributed by atoms with E-state index in [1.54, 1.807) is 42.5 Å². The first-order chi connectivity index (χ1) is 13.8. The van der Waals surface area contributed by atoms with Crippen molar-refractivity contribution in [3.8, 4) is 5.75 Å². The van der Waals surface area contributed by atoms with Gasteiger partial charge in [-0.15, -0.1) is 0 Å². The van der Waals surface area contributed by atoms with Crippen LogP contribution in [0.2, 0.25) is 5.02 Å². The number of amides is 1. The molecule has 1 aliphatic carbocycles. The Kier molecular flexibility index (Phi) is 7.03. The molecule has 0 radical (unpaired) electrons. The van der Waals surface area contributed by atoms with Gasteiger partial charge in [0.2, 0.25) is 10.0 Å². The summed E-state index contributed by atoms with van der Waals surface area (Å²) in [6.07, 6.45) is 5.50. The van der Waals surface area contributed by atoms with Gasteiger partial charge < -0.3 is 10.1 Å². The molecule has 0 aromatic heterocycles. The van der Waals surface area contributed by atoms with Crippen LogP contribution in [-0.2, 0) is 21.4 Å². The van der Waals surface area contributed by atoms with E-state index >= 15 is 0 Å². The van der Waals surface area contributed by atoms with E-state index in [9.17, 15) is 13.2 Å². The number of nitrogens with one attached hydrogen (secondary N) is 1. The van der Waals surface area contributed by atoms with Crippen molar-refractivity contribution in [2.24, 2.45) is 0 Å². The van der Waals surface area contributed by atoms with Crippen LogP contribution >= 0.6 is 11.6 Å². The number of carbonyl (C=O) groups is 1. The van der Waals surface area contributed by atoms with Crippen LogP contribution in [0, 0.1) is 0 Å². The Morgan fingerprint density at radius 2 is 1.79 bits per heavy atom. The standard InChI is InChI=1S/C21H25ClN2O4S/c1-29(26,27)24(14-16-6-2-5-9-20(16)22)18-10-12-19(13-11-18)28-15-21(25)23-17-7-3-4-8-17/h2,5-6,9-13,17H,3-4,7-8,14-15H2,1H3,(H,23,25). The fourth-order valence-corrected chi connectivity index (χ4v) is 4.45. The lowest BCUT2D eigenvalue weighted by atomic mass is 10.2. The third-order valence-corrected chi connectivity index (χ3v) is 6.40. The number of hydrogen-bond acceptors (Lipinski definition) is 4. The SMILES string of the molecule is CS(=O)(=O)N(Cc1ccccc1Cl)c1ccc(OCC(=O)NC2CCCC2)cc1. The number of rotatable bonds is 8. The zero-order chi connectivity index (χ0) is 20.9. The van der Waals surface area contributed by atoms with E-state index in [2.05, 4.69) is 5.32 Å². The molecular weight excluding hydrogens is 412 g/mol. The summed E-state index contributed by atoms with van der Waals surface area (Å²) in [6, 6.07) is 14.0. The van der Waals surface area contributed by atoms with Gasteiger partial charge in [0.1, 0.15) is 5.75 Å². The van der Waals surface area contributed by atoms with Crippen LogP contribution in [0.25, 0.3) is 0 Å². The molecule has 0 unspecified atom stereocenters. The van der Waals surface area contributed by atoms with E-state index in [0.717, 1.165) is 31.9 Å². The number of carbonyl (C=O) groups excluding carboxylic acids is 1. The van der Waals surface area contributed by atoms with Crippen molar-refractivity contribution in [1.29, 1.82) is 0 Å². The lowest BCUT2D eigenvalue weighted by Gasteiger charge is -2.23. The Morgan fingerprint density at radius 3 is 2.41 bits per heavy atom. The van der Waals surface area contributed by atoms with Gasteiger partial charge in [-0.05, 0) is 48.7 Å². The average Bonchev–Trinajstić information content (AvgIpc) is 3.18. The van der Waals surface area contributed by atoms with Crippen molar-refractivity contribution in [1.82, 2.24) is 5.32 Å². The summed E-state index contributed by atoms with van der Waals surface area (Å²) in [5, 5.41) is 3.48. The molecule has 2 aromatic carbocycles. The second-order valence-electron chi connectivity index (χ2n) is 7.19. The van der Waals surface area contributed by atoms with Crippen molar-refractivity contribution in [2.75, 3.05) is 17.2 Å². The first-order valence-electron chi connectivity index (χ1n) is 9.56. The molecule has 0 saturated heterocycles. The van der Waals surface area contributed by atoms with Crippen molar-refractivity contribution in [2.45, 2.75) is 38.3 Å². The number of anilines is 1. The molecule has 0 bridgehead atoms. The van der Waals surface area contributed by atoms with E-state index < -0.39 is 10.0 Å². The second-order valence-corrected chi connectivity index (χ2v) is 9.51. The van der Waals surface area contributed by atoms with Crippen LogP contribution in [0.3, 0.4) is 0 Å². The minimum atomic E-state index is -3.52. The fraction of sp³-hybridized carbons (Fsp3) is 0.381. The molecule has 1 amide bonds. The molecule has 3 rings (SSSR count). The lowest BCUT2D eigenvalue weighted by Crippen LogP contribution is -2.36. The average molecular weight is 437 g/mol. The molecule has 156 valence electrons. The number of ether oxygens (including phenoxy) is 1. The predicted molar refractivity (Wildman–Crippen MR) is 115 cm³/mol. The highest BCUT2D eigenvalue weighted by Crippen LogP contribution is 2.26. The molecular formula is C21H25ClN2O4S. The Labute approximate surface area is 176 Å². The maximum absolute atomic E-state index is 12.3. The number of halogens is 1.